The second-order valence-corrected chi connectivity index (χ2v) is 3.59. The van der Waals surface area contributed by atoms with Crippen molar-refractivity contribution in [2.45, 2.75) is 25.8 Å². The van der Waals surface area contributed by atoms with Crippen LogP contribution >= 0.6 is 0 Å². The average molecular weight is 186 g/mol. The quantitative estimate of drug-likeness (QED) is 0.658. The van der Waals surface area contributed by atoms with Crippen molar-refractivity contribution in [1.29, 1.82) is 0 Å². The van der Waals surface area contributed by atoms with Crippen LogP contribution in [0.2, 0.25) is 0 Å². The number of aliphatic carboxylic acids is 1. The van der Waals surface area contributed by atoms with Gasteiger partial charge in [-0.3, -0.25) is 9.69 Å². The fourth-order valence-corrected chi connectivity index (χ4v) is 1.69. The molecule has 0 aromatic carbocycles. The molecule has 1 aliphatic rings. The van der Waals surface area contributed by atoms with Gasteiger partial charge in [-0.1, -0.05) is 0 Å². The normalized spacial score (nSPS) is 22.2. The Hall–Kier alpha value is -0.610. The second-order valence-electron chi connectivity index (χ2n) is 3.59. The zero-order valence-electron chi connectivity index (χ0n) is 8.12. The molecule has 0 spiro atoms. The number of hydrogen-bond acceptors (Lipinski definition) is 3. The van der Waals surface area contributed by atoms with Crippen LogP contribution in [0.3, 0.4) is 0 Å². The van der Waals surface area contributed by atoms with Crippen LogP contribution in [0, 0.1) is 0 Å². The highest BCUT2D eigenvalue weighted by Crippen LogP contribution is 2.05. The Balaban J connectivity index is 2.34. The van der Waals surface area contributed by atoms with Gasteiger partial charge in [-0.15, -0.1) is 0 Å². The van der Waals surface area contributed by atoms with Crippen molar-refractivity contribution in [3.8, 4) is 0 Å². The van der Waals surface area contributed by atoms with Crippen LogP contribution in [0.25, 0.3) is 0 Å². The Morgan fingerprint density at radius 2 is 2.31 bits per heavy atom. The molecule has 0 amide bonds. The molecule has 4 nitrogen and oxygen atoms in total. The molecule has 2 N–H and O–H groups in total. The summed E-state index contributed by atoms with van der Waals surface area (Å²) in [6, 6.07) is 0.164. The molecule has 1 saturated heterocycles. The van der Waals surface area contributed by atoms with E-state index in [9.17, 15) is 4.79 Å². The van der Waals surface area contributed by atoms with Gasteiger partial charge in [0.1, 0.15) is 0 Å². The molecule has 1 rings (SSSR count). The third-order valence-corrected chi connectivity index (χ3v) is 2.47. The Morgan fingerprint density at radius 1 is 1.54 bits per heavy atom. The van der Waals surface area contributed by atoms with Crippen molar-refractivity contribution in [2.24, 2.45) is 0 Å². The number of carbonyl (C=O) groups is 1. The van der Waals surface area contributed by atoms with Crippen LogP contribution in [0.15, 0.2) is 0 Å². The van der Waals surface area contributed by atoms with E-state index in [-0.39, 0.29) is 12.5 Å². The van der Waals surface area contributed by atoms with Crippen molar-refractivity contribution in [1.82, 2.24) is 10.2 Å². The van der Waals surface area contributed by atoms with Crippen LogP contribution in [0.5, 0.6) is 0 Å². The van der Waals surface area contributed by atoms with Gasteiger partial charge in [0, 0.05) is 19.1 Å². The lowest BCUT2D eigenvalue weighted by molar-refractivity contribution is -0.138. The van der Waals surface area contributed by atoms with Crippen molar-refractivity contribution in [3.05, 3.63) is 0 Å². The Labute approximate surface area is 78.9 Å². The molecule has 1 unspecified atom stereocenters. The van der Waals surface area contributed by atoms with Crippen molar-refractivity contribution < 1.29 is 9.90 Å². The van der Waals surface area contributed by atoms with Gasteiger partial charge in [0.2, 0.25) is 0 Å². The van der Waals surface area contributed by atoms with Crippen molar-refractivity contribution >= 4 is 5.97 Å². The fourth-order valence-electron chi connectivity index (χ4n) is 1.69. The lowest BCUT2D eigenvalue weighted by atomic mass is 10.2. The lowest BCUT2D eigenvalue weighted by Gasteiger charge is -2.25. The summed E-state index contributed by atoms with van der Waals surface area (Å²) in [5.41, 5.74) is 0. The molecule has 76 valence electrons. The molecule has 0 saturated carbocycles. The highest BCUT2D eigenvalue weighted by atomic mass is 16.4. The first-order chi connectivity index (χ1) is 6.20. The van der Waals surface area contributed by atoms with Crippen LogP contribution in [0.4, 0.5) is 0 Å². The zero-order valence-corrected chi connectivity index (χ0v) is 8.12. The van der Waals surface area contributed by atoms with Gasteiger partial charge in [0.05, 0.1) is 6.42 Å². The number of rotatable bonds is 3. The molecule has 1 fully saturated rings. The van der Waals surface area contributed by atoms with E-state index in [1.54, 1.807) is 0 Å². The van der Waals surface area contributed by atoms with E-state index in [4.69, 9.17) is 5.11 Å². The summed E-state index contributed by atoms with van der Waals surface area (Å²) in [5.74, 6) is -0.704. The monoisotopic (exact) mass is 186 g/mol. The Kier molecular flexibility index (Phi) is 4.18. The van der Waals surface area contributed by atoms with E-state index in [1.165, 1.54) is 0 Å². The van der Waals surface area contributed by atoms with E-state index in [1.807, 2.05) is 6.92 Å². The highest BCUT2D eigenvalue weighted by Gasteiger charge is 2.17. The molecule has 0 radical (unpaired) electrons. The van der Waals surface area contributed by atoms with Gasteiger partial charge in [-0.05, 0) is 26.4 Å². The third kappa shape index (κ3) is 3.74. The molecule has 13 heavy (non-hydrogen) atoms. The van der Waals surface area contributed by atoms with Gasteiger partial charge in [-0.25, -0.2) is 0 Å². The first-order valence-electron chi connectivity index (χ1n) is 4.86. The maximum atomic E-state index is 10.5. The zero-order chi connectivity index (χ0) is 9.68. The maximum Gasteiger partial charge on any atom is 0.304 e. The summed E-state index contributed by atoms with van der Waals surface area (Å²) >= 11 is 0. The number of nitrogens with zero attached hydrogens (tertiary/aromatic N) is 1. The van der Waals surface area contributed by atoms with Gasteiger partial charge in [0.25, 0.3) is 0 Å². The van der Waals surface area contributed by atoms with Crippen molar-refractivity contribution in [2.75, 3.05) is 26.2 Å². The molecule has 0 bridgehead atoms. The van der Waals surface area contributed by atoms with Gasteiger partial charge >= 0.3 is 5.97 Å². The minimum atomic E-state index is -0.704. The van der Waals surface area contributed by atoms with Crippen LogP contribution < -0.4 is 5.32 Å². The molecule has 1 aliphatic heterocycles. The molecule has 4 heteroatoms. The third-order valence-electron chi connectivity index (χ3n) is 2.47. The van der Waals surface area contributed by atoms with Crippen molar-refractivity contribution in [3.63, 3.8) is 0 Å². The predicted octanol–water partition coefficient (Wildman–Crippen LogP) is 0.145. The summed E-state index contributed by atoms with van der Waals surface area (Å²) in [6.45, 7) is 6.00. The largest absolute Gasteiger partial charge is 0.481 e. The van der Waals surface area contributed by atoms with Gasteiger partial charge in [0.15, 0.2) is 0 Å². The standard InChI is InChI=1S/C9H18N2O2/c1-8(7-9(12)13)11-5-2-3-10-4-6-11/h8,10H,2-7H2,1H3,(H,12,13). The minimum Gasteiger partial charge on any atom is -0.481 e. The highest BCUT2D eigenvalue weighted by molar-refractivity contribution is 5.67. The summed E-state index contributed by atoms with van der Waals surface area (Å²) in [7, 11) is 0. The topological polar surface area (TPSA) is 52.6 Å². The summed E-state index contributed by atoms with van der Waals surface area (Å²) in [6.07, 6.45) is 1.37. The molecule has 0 aromatic heterocycles. The molecular weight excluding hydrogens is 168 g/mol. The Bertz CT molecular complexity index is 165. The number of hydrogen-bond donors (Lipinski definition) is 2. The van der Waals surface area contributed by atoms with Gasteiger partial charge in [-0.2, -0.15) is 0 Å². The minimum absolute atomic E-state index is 0.164. The molecule has 1 atom stereocenters. The van der Waals surface area contributed by atoms with Crippen LogP contribution in [0.1, 0.15) is 19.8 Å². The van der Waals surface area contributed by atoms with E-state index in [2.05, 4.69) is 10.2 Å². The first kappa shape index (κ1) is 10.5. The predicted molar refractivity (Wildman–Crippen MR) is 50.8 cm³/mol. The first-order valence-corrected chi connectivity index (χ1v) is 4.86. The van der Waals surface area contributed by atoms with Crippen LogP contribution in [-0.4, -0.2) is 48.2 Å². The lowest BCUT2D eigenvalue weighted by Crippen LogP contribution is -2.37. The number of carboxylic acid groups (broad SMARTS) is 1. The fraction of sp³-hybridized carbons (Fsp3) is 0.889. The molecule has 0 aliphatic carbocycles. The maximum absolute atomic E-state index is 10.5. The summed E-state index contributed by atoms with van der Waals surface area (Å²) in [5, 5.41) is 11.9. The average Bonchev–Trinajstić information content (AvgIpc) is 2.29. The molecule has 1 heterocycles. The van der Waals surface area contributed by atoms with Crippen LogP contribution in [-0.2, 0) is 4.79 Å². The van der Waals surface area contributed by atoms with E-state index < -0.39 is 5.97 Å². The number of nitrogens with one attached hydrogen (secondary N) is 1. The SMILES string of the molecule is CC(CC(=O)O)N1CCCNCC1. The molecule has 0 aromatic rings. The van der Waals surface area contributed by atoms with E-state index in [0.717, 1.165) is 32.6 Å². The summed E-state index contributed by atoms with van der Waals surface area (Å²) < 4.78 is 0. The summed E-state index contributed by atoms with van der Waals surface area (Å²) in [4.78, 5) is 12.7. The van der Waals surface area contributed by atoms with E-state index in [0.29, 0.717) is 0 Å². The molecular formula is C9H18N2O2. The Morgan fingerprint density at radius 3 is 3.00 bits per heavy atom. The number of carboxylic acids is 1. The second kappa shape index (κ2) is 5.19. The van der Waals surface area contributed by atoms with E-state index >= 15 is 0 Å². The van der Waals surface area contributed by atoms with Gasteiger partial charge < -0.3 is 10.4 Å². The smallest absolute Gasteiger partial charge is 0.304 e.